The van der Waals surface area contributed by atoms with Crippen molar-refractivity contribution in [2.75, 3.05) is 19.7 Å². The van der Waals surface area contributed by atoms with Crippen molar-refractivity contribution in [2.45, 2.75) is 37.5 Å². The normalized spacial score (nSPS) is 22.1. The van der Waals surface area contributed by atoms with Crippen LogP contribution >= 0.6 is 0 Å². The summed E-state index contributed by atoms with van der Waals surface area (Å²) in [5, 5.41) is 0. The number of alkyl halides is 3. The van der Waals surface area contributed by atoms with Crippen LogP contribution in [0.3, 0.4) is 0 Å². The van der Waals surface area contributed by atoms with E-state index >= 15 is 0 Å². The van der Waals surface area contributed by atoms with Gasteiger partial charge >= 0.3 is 12.3 Å². The lowest BCUT2D eigenvalue weighted by Gasteiger charge is -2.30. The minimum absolute atomic E-state index is 0.0333. The standard InChI is InChI=1S/C19H24F3N5O4/c20-19(21,22)11-31-18(30)27-8-6-13(7-9-27)16(28)25-26-17(29)15-10-14(23-24-15)12-4-2-1-3-5-12/h1-5,13-15,23-24H,6-11H2,(H,25,28)(H,26,29). The Labute approximate surface area is 176 Å². The van der Waals surface area contributed by atoms with E-state index in [-0.39, 0.29) is 32.0 Å². The van der Waals surface area contributed by atoms with Crippen LogP contribution in [0.15, 0.2) is 30.3 Å². The van der Waals surface area contributed by atoms with Gasteiger partial charge in [-0.15, -0.1) is 0 Å². The highest BCUT2D eigenvalue weighted by Crippen LogP contribution is 2.22. The predicted molar refractivity (Wildman–Crippen MR) is 102 cm³/mol. The van der Waals surface area contributed by atoms with E-state index in [9.17, 15) is 27.6 Å². The molecule has 3 rings (SSSR count). The maximum absolute atomic E-state index is 12.3. The Balaban J connectivity index is 1.37. The fraction of sp³-hybridized carbons (Fsp3) is 0.526. The molecule has 0 aromatic heterocycles. The van der Waals surface area contributed by atoms with Crippen molar-refractivity contribution in [3.63, 3.8) is 0 Å². The number of nitrogens with one attached hydrogen (secondary N) is 4. The SMILES string of the molecule is O=C(NNC(=O)C1CC(c2ccccc2)NN1)C1CCN(C(=O)OCC(F)(F)F)CC1. The zero-order valence-corrected chi connectivity index (χ0v) is 16.6. The number of rotatable bonds is 4. The minimum atomic E-state index is -4.59. The van der Waals surface area contributed by atoms with E-state index in [0.717, 1.165) is 10.5 Å². The zero-order chi connectivity index (χ0) is 22.4. The Kier molecular flexibility index (Phi) is 7.33. The summed E-state index contributed by atoms with van der Waals surface area (Å²) in [5.41, 5.74) is 11.8. The van der Waals surface area contributed by atoms with Crippen LogP contribution in [0.4, 0.5) is 18.0 Å². The van der Waals surface area contributed by atoms with Gasteiger partial charge in [-0.1, -0.05) is 30.3 Å². The first kappa shape index (κ1) is 22.8. The first-order valence-corrected chi connectivity index (χ1v) is 9.87. The number of likely N-dealkylation sites (tertiary alicyclic amines) is 1. The molecule has 31 heavy (non-hydrogen) atoms. The van der Waals surface area contributed by atoms with Crippen molar-refractivity contribution >= 4 is 17.9 Å². The largest absolute Gasteiger partial charge is 0.440 e. The van der Waals surface area contributed by atoms with Gasteiger partial charge in [0.15, 0.2) is 6.61 Å². The maximum Gasteiger partial charge on any atom is 0.422 e. The Morgan fingerprint density at radius 2 is 1.68 bits per heavy atom. The van der Waals surface area contributed by atoms with Gasteiger partial charge in [-0.25, -0.2) is 15.6 Å². The molecule has 12 heteroatoms. The fourth-order valence-electron chi connectivity index (χ4n) is 3.50. The van der Waals surface area contributed by atoms with Crippen LogP contribution in [0.2, 0.25) is 0 Å². The number of hydrogen-bond donors (Lipinski definition) is 4. The molecular formula is C19H24F3N5O4. The minimum Gasteiger partial charge on any atom is -0.440 e. The van der Waals surface area contributed by atoms with Gasteiger partial charge in [0.1, 0.15) is 6.04 Å². The molecule has 2 aliphatic heterocycles. The van der Waals surface area contributed by atoms with E-state index < -0.39 is 42.7 Å². The molecule has 2 fully saturated rings. The Morgan fingerprint density at radius 1 is 1.03 bits per heavy atom. The lowest BCUT2D eigenvalue weighted by Crippen LogP contribution is -2.52. The molecular weight excluding hydrogens is 419 g/mol. The molecule has 3 amide bonds. The van der Waals surface area contributed by atoms with Crippen molar-refractivity contribution in [1.82, 2.24) is 26.6 Å². The van der Waals surface area contributed by atoms with Crippen LogP contribution in [0, 0.1) is 5.92 Å². The van der Waals surface area contributed by atoms with E-state index in [0.29, 0.717) is 6.42 Å². The summed E-state index contributed by atoms with van der Waals surface area (Å²) in [4.78, 5) is 37.4. The van der Waals surface area contributed by atoms with Gasteiger partial charge < -0.3 is 9.64 Å². The molecule has 170 valence electrons. The summed E-state index contributed by atoms with van der Waals surface area (Å²) in [6.07, 6.45) is -4.64. The van der Waals surface area contributed by atoms with E-state index in [1.807, 2.05) is 30.3 Å². The van der Waals surface area contributed by atoms with Crippen LogP contribution in [0.1, 0.15) is 30.9 Å². The number of piperidine rings is 1. The van der Waals surface area contributed by atoms with Gasteiger partial charge in [-0.3, -0.25) is 20.4 Å². The zero-order valence-electron chi connectivity index (χ0n) is 16.6. The number of carbonyl (C=O) groups is 3. The van der Waals surface area contributed by atoms with Crippen molar-refractivity contribution < 1.29 is 32.3 Å². The first-order valence-electron chi connectivity index (χ1n) is 9.87. The van der Waals surface area contributed by atoms with Gasteiger partial charge in [0, 0.05) is 25.0 Å². The van der Waals surface area contributed by atoms with Crippen LogP contribution in [-0.2, 0) is 14.3 Å². The number of halogens is 3. The Bertz CT molecular complexity index is 784. The molecule has 1 aromatic rings. The molecule has 2 heterocycles. The number of amides is 3. The Hall–Kier alpha value is -2.86. The van der Waals surface area contributed by atoms with E-state index in [4.69, 9.17) is 0 Å². The van der Waals surface area contributed by atoms with Crippen LogP contribution in [0.25, 0.3) is 0 Å². The summed E-state index contributed by atoms with van der Waals surface area (Å²) in [7, 11) is 0. The van der Waals surface area contributed by atoms with Gasteiger partial charge in [-0.05, 0) is 24.8 Å². The smallest absolute Gasteiger partial charge is 0.422 e. The number of hydrogen-bond acceptors (Lipinski definition) is 6. The van der Waals surface area contributed by atoms with Crippen molar-refractivity contribution in [3.8, 4) is 0 Å². The Morgan fingerprint density at radius 3 is 2.32 bits per heavy atom. The van der Waals surface area contributed by atoms with Crippen LogP contribution in [0.5, 0.6) is 0 Å². The van der Waals surface area contributed by atoms with Crippen molar-refractivity contribution in [1.29, 1.82) is 0 Å². The first-order chi connectivity index (χ1) is 14.7. The lowest BCUT2D eigenvalue weighted by atomic mass is 9.96. The second-order valence-electron chi connectivity index (χ2n) is 7.45. The van der Waals surface area contributed by atoms with Gasteiger partial charge in [0.25, 0.3) is 5.91 Å². The molecule has 0 saturated carbocycles. The van der Waals surface area contributed by atoms with Crippen molar-refractivity contribution in [2.24, 2.45) is 5.92 Å². The number of carbonyl (C=O) groups excluding carboxylic acids is 3. The molecule has 0 spiro atoms. The molecule has 0 bridgehead atoms. The highest BCUT2D eigenvalue weighted by molar-refractivity contribution is 5.86. The fourth-order valence-corrected chi connectivity index (χ4v) is 3.50. The highest BCUT2D eigenvalue weighted by Gasteiger charge is 2.34. The van der Waals surface area contributed by atoms with E-state index in [1.165, 1.54) is 0 Å². The number of ether oxygens (including phenoxy) is 1. The summed E-state index contributed by atoms with van der Waals surface area (Å²) in [5.74, 6) is -1.28. The number of benzene rings is 1. The molecule has 1 aromatic carbocycles. The monoisotopic (exact) mass is 443 g/mol. The van der Waals surface area contributed by atoms with Crippen LogP contribution in [-0.4, -0.2) is 54.7 Å². The van der Waals surface area contributed by atoms with Gasteiger partial charge in [0.05, 0.1) is 0 Å². The summed E-state index contributed by atoms with van der Waals surface area (Å²) in [6, 6.07) is 9.06. The third-order valence-corrected chi connectivity index (χ3v) is 5.21. The van der Waals surface area contributed by atoms with Crippen LogP contribution < -0.4 is 21.7 Å². The number of hydrazine groups is 2. The molecule has 2 aliphatic rings. The van der Waals surface area contributed by atoms with E-state index in [1.54, 1.807) is 0 Å². The molecule has 2 unspecified atom stereocenters. The third kappa shape index (κ3) is 6.56. The molecule has 2 atom stereocenters. The molecule has 9 nitrogen and oxygen atoms in total. The van der Waals surface area contributed by atoms with Gasteiger partial charge in [-0.2, -0.15) is 13.2 Å². The number of nitrogens with zero attached hydrogens (tertiary/aromatic N) is 1. The average Bonchev–Trinajstić information content (AvgIpc) is 3.26. The van der Waals surface area contributed by atoms with Crippen molar-refractivity contribution in [3.05, 3.63) is 35.9 Å². The highest BCUT2D eigenvalue weighted by atomic mass is 19.4. The molecule has 0 radical (unpaired) electrons. The quantitative estimate of drug-likeness (QED) is 0.520. The molecule has 4 N–H and O–H groups in total. The molecule has 2 saturated heterocycles. The average molecular weight is 443 g/mol. The van der Waals surface area contributed by atoms with E-state index in [2.05, 4.69) is 26.4 Å². The lowest BCUT2D eigenvalue weighted by molar-refractivity contribution is -0.162. The predicted octanol–water partition coefficient (Wildman–Crippen LogP) is 1.15. The molecule has 0 aliphatic carbocycles. The second-order valence-corrected chi connectivity index (χ2v) is 7.45. The van der Waals surface area contributed by atoms with Gasteiger partial charge in [0.2, 0.25) is 5.91 Å². The second kappa shape index (κ2) is 9.96. The topological polar surface area (TPSA) is 112 Å². The maximum atomic E-state index is 12.3. The summed E-state index contributed by atoms with van der Waals surface area (Å²) in [6.45, 7) is -1.46. The summed E-state index contributed by atoms with van der Waals surface area (Å²) < 4.78 is 40.6. The summed E-state index contributed by atoms with van der Waals surface area (Å²) >= 11 is 0. The third-order valence-electron chi connectivity index (χ3n) is 5.21.